The van der Waals surface area contributed by atoms with Crippen molar-refractivity contribution in [2.24, 2.45) is 0 Å². The van der Waals surface area contributed by atoms with Crippen LogP contribution in [0.15, 0.2) is 71.3 Å². The molecule has 2 heterocycles. The number of amides is 2. The van der Waals surface area contributed by atoms with E-state index in [9.17, 15) is 24.3 Å². The second kappa shape index (κ2) is 12.0. The van der Waals surface area contributed by atoms with Gasteiger partial charge in [0.25, 0.3) is 5.91 Å². The predicted octanol–water partition coefficient (Wildman–Crippen LogP) is 5.30. The number of carbonyl (C=O) groups is 2. The van der Waals surface area contributed by atoms with Crippen molar-refractivity contribution >= 4 is 23.3 Å². The first kappa shape index (κ1) is 27.0. The maximum atomic E-state index is 13.7. The zero-order valence-corrected chi connectivity index (χ0v) is 21.3. The van der Waals surface area contributed by atoms with Crippen LogP contribution in [0.5, 0.6) is 5.75 Å². The Morgan fingerprint density at radius 2 is 1.92 bits per heavy atom. The molecule has 0 aliphatic heterocycles. The monoisotopic (exact) mass is 527 g/mol. The van der Waals surface area contributed by atoms with E-state index >= 15 is 0 Å². The third-order valence-corrected chi connectivity index (χ3v) is 5.85. The van der Waals surface area contributed by atoms with Crippen molar-refractivity contribution in [2.75, 3.05) is 17.2 Å². The number of nitriles is 1. The Morgan fingerprint density at radius 1 is 1.10 bits per heavy atom. The fraction of sp³-hybridized carbons (Fsp3) is 0.172. The molecule has 2 aromatic heterocycles. The van der Waals surface area contributed by atoms with Crippen molar-refractivity contribution in [1.29, 1.82) is 5.26 Å². The lowest BCUT2D eigenvalue weighted by atomic mass is 9.97. The van der Waals surface area contributed by atoms with Gasteiger partial charge in [-0.3, -0.25) is 9.59 Å². The predicted molar refractivity (Wildman–Crippen MR) is 144 cm³/mol. The number of furan rings is 1. The van der Waals surface area contributed by atoms with Gasteiger partial charge in [-0.15, -0.1) is 0 Å². The van der Waals surface area contributed by atoms with Crippen molar-refractivity contribution in [3.05, 3.63) is 84.1 Å². The van der Waals surface area contributed by atoms with Crippen molar-refractivity contribution in [1.82, 2.24) is 10.3 Å². The van der Waals surface area contributed by atoms with Gasteiger partial charge in [-0.25, -0.2) is 9.37 Å². The van der Waals surface area contributed by atoms with Crippen LogP contribution in [0.2, 0.25) is 0 Å². The molecule has 0 saturated heterocycles. The first-order chi connectivity index (χ1) is 18.8. The summed E-state index contributed by atoms with van der Waals surface area (Å²) in [5.41, 5.74) is 1.85. The zero-order valence-electron chi connectivity index (χ0n) is 21.3. The number of pyridine rings is 1. The van der Waals surface area contributed by atoms with Crippen LogP contribution in [-0.2, 0) is 4.79 Å². The van der Waals surface area contributed by atoms with Crippen LogP contribution in [0.4, 0.5) is 15.9 Å². The average molecular weight is 528 g/mol. The molecule has 0 saturated carbocycles. The molecule has 198 valence electrons. The third-order valence-electron chi connectivity index (χ3n) is 5.85. The summed E-state index contributed by atoms with van der Waals surface area (Å²) in [4.78, 5) is 29.7. The molecular weight excluding hydrogens is 501 g/mol. The third kappa shape index (κ3) is 6.47. The Labute approximate surface area is 224 Å². The molecule has 1 atom stereocenters. The number of anilines is 2. The standard InChI is InChI=1S/C29H26FN5O4/c1-3-32-17(2)12-27(37)33-20-7-4-6-18(13-20)22-15-24(21-10-9-19(30)14-25(21)36)34-28(23(22)16-31)35-29(38)26-8-5-11-39-26/h4-11,13-15,17,32,36H,3,12H2,1-2H3,(H,33,37)(H,34,35,38). The van der Waals surface area contributed by atoms with Crippen molar-refractivity contribution in [2.45, 2.75) is 26.3 Å². The summed E-state index contributed by atoms with van der Waals surface area (Å²) in [5, 5.41) is 29.1. The van der Waals surface area contributed by atoms with E-state index in [1.165, 1.54) is 24.5 Å². The molecule has 2 aromatic carbocycles. The Kier molecular flexibility index (Phi) is 8.33. The van der Waals surface area contributed by atoms with E-state index in [0.717, 1.165) is 12.6 Å². The van der Waals surface area contributed by atoms with Gasteiger partial charge in [0.15, 0.2) is 11.6 Å². The summed E-state index contributed by atoms with van der Waals surface area (Å²) in [6, 6.07) is 17.0. The van der Waals surface area contributed by atoms with Crippen LogP contribution in [-0.4, -0.2) is 34.5 Å². The first-order valence-electron chi connectivity index (χ1n) is 12.2. The number of aromatic nitrogens is 1. The molecule has 9 nitrogen and oxygen atoms in total. The average Bonchev–Trinajstić information content (AvgIpc) is 3.44. The molecule has 4 aromatic rings. The molecule has 10 heteroatoms. The van der Waals surface area contributed by atoms with Gasteiger partial charge in [0.2, 0.25) is 5.91 Å². The van der Waals surface area contributed by atoms with Gasteiger partial charge in [-0.05, 0) is 61.5 Å². The summed E-state index contributed by atoms with van der Waals surface area (Å²) in [6.07, 6.45) is 1.61. The molecule has 0 aliphatic rings. The van der Waals surface area contributed by atoms with Crippen molar-refractivity contribution < 1.29 is 23.5 Å². The number of rotatable bonds is 9. The van der Waals surface area contributed by atoms with Crippen LogP contribution >= 0.6 is 0 Å². The minimum atomic E-state index is -0.636. The fourth-order valence-corrected chi connectivity index (χ4v) is 4.09. The van der Waals surface area contributed by atoms with E-state index in [2.05, 4.69) is 27.0 Å². The lowest BCUT2D eigenvalue weighted by molar-refractivity contribution is -0.116. The number of hydrogen-bond donors (Lipinski definition) is 4. The van der Waals surface area contributed by atoms with Gasteiger partial charge in [0, 0.05) is 35.3 Å². The van der Waals surface area contributed by atoms with Gasteiger partial charge in [0.05, 0.1) is 12.0 Å². The Balaban J connectivity index is 1.78. The molecule has 4 rings (SSSR count). The van der Waals surface area contributed by atoms with Crippen molar-refractivity contribution in [3.63, 3.8) is 0 Å². The number of halogens is 1. The lowest BCUT2D eigenvalue weighted by Gasteiger charge is -2.15. The number of carbonyl (C=O) groups excluding carboxylic acids is 2. The maximum Gasteiger partial charge on any atom is 0.292 e. The van der Waals surface area contributed by atoms with Gasteiger partial charge in [0.1, 0.15) is 23.2 Å². The summed E-state index contributed by atoms with van der Waals surface area (Å²) in [5.74, 6) is -1.89. The maximum absolute atomic E-state index is 13.7. The van der Waals surface area contributed by atoms with E-state index in [4.69, 9.17) is 4.42 Å². The number of aromatic hydroxyl groups is 1. The van der Waals surface area contributed by atoms with Gasteiger partial charge >= 0.3 is 0 Å². The zero-order chi connectivity index (χ0) is 27.9. The fourth-order valence-electron chi connectivity index (χ4n) is 4.09. The van der Waals surface area contributed by atoms with E-state index < -0.39 is 11.7 Å². The highest BCUT2D eigenvalue weighted by molar-refractivity contribution is 6.03. The minimum absolute atomic E-state index is 0.00477. The highest BCUT2D eigenvalue weighted by Gasteiger charge is 2.20. The van der Waals surface area contributed by atoms with Crippen molar-refractivity contribution in [3.8, 4) is 34.2 Å². The number of hydrogen-bond acceptors (Lipinski definition) is 7. The molecular formula is C29H26FN5O4. The molecule has 1 unspecified atom stereocenters. The quantitative estimate of drug-likeness (QED) is 0.231. The first-order valence-corrected chi connectivity index (χ1v) is 12.2. The highest BCUT2D eigenvalue weighted by atomic mass is 19.1. The Morgan fingerprint density at radius 3 is 2.62 bits per heavy atom. The van der Waals surface area contributed by atoms with Gasteiger partial charge < -0.3 is 25.5 Å². The summed E-state index contributed by atoms with van der Waals surface area (Å²) in [6.45, 7) is 4.62. The summed E-state index contributed by atoms with van der Waals surface area (Å²) >= 11 is 0. The largest absolute Gasteiger partial charge is 0.507 e. The minimum Gasteiger partial charge on any atom is -0.507 e. The number of phenols is 1. The van der Waals surface area contributed by atoms with E-state index in [1.807, 2.05) is 13.8 Å². The lowest BCUT2D eigenvalue weighted by Crippen LogP contribution is -2.30. The second-order valence-corrected chi connectivity index (χ2v) is 8.78. The number of benzene rings is 2. The van der Waals surface area contributed by atoms with Crippen LogP contribution < -0.4 is 16.0 Å². The normalized spacial score (nSPS) is 11.4. The molecule has 0 fully saturated rings. The molecule has 39 heavy (non-hydrogen) atoms. The van der Waals surface area contributed by atoms with E-state index in [0.29, 0.717) is 16.8 Å². The van der Waals surface area contributed by atoms with Gasteiger partial charge in [-0.1, -0.05) is 19.1 Å². The number of nitrogens with one attached hydrogen (secondary N) is 3. The molecule has 2 amide bonds. The topological polar surface area (TPSA) is 140 Å². The number of nitrogens with zero attached hydrogens (tertiary/aromatic N) is 2. The summed E-state index contributed by atoms with van der Waals surface area (Å²) in [7, 11) is 0. The highest BCUT2D eigenvalue weighted by Crippen LogP contribution is 2.36. The van der Waals surface area contributed by atoms with Crippen LogP contribution in [0, 0.1) is 17.1 Å². The Hall–Kier alpha value is -5.01. The smallest absolute Gasteiger partial charge is 0.292 e. The van der Waals surface area contributed by atoms with Crippen LogP contribution in [0.25, 0.3) is 22.4 Å². The molecule has 0 bridgehead atoms. The molecule has 0 spiro atoms. The summed E-state index contributed by atoms with van der Waals surface area (Å²) < 4.78 is 18.8. The molecule has 0 radical (unpaired) electrons. The number of phenolic OH excluding ortho intramolecular Hbond substituents is 1. The van der Waals surface area contributed by atoms with E-state index in [-0.39, 0.29) is 52.5 Å². The van der Waals surface area contributed by atoms with Crippen LogP contribution in [0.1, 0.15) is 36.4 Å². The molecule has 4 N–H and O–H groups in total. The second-order valence-electron chi connectivity index (χ2n) is 8.78. The van der Waals surface area contributed by atoms with E-state index in [1.54, 1.807) is 36.4 Å². The molecule has 0 aliphatic carbocycles. The Bertz CT molecular complexity index is 1550. The van der Waals surface area contributed by atoms with Crippen LogP contribution in [0.3, 0.4) is 0 Å². The van der Waals surface area contributed by atoms with Gasteiger partial charge in [-0.2, -0.15) is 5.26 Å². The SMILES string of the molecule is CCNC(C)CC(=O)Nc1cccc(-c2cc(-c3ccc(F)cc3O)nc(NC(=O)c3ccco3)c2C#N)c1.